The van der Waals surface area contributed by atoms with E-state index in [-0.39, 0.29) is 30.9 Å². The highest BCUT2D eigenvalue weighted by Crippen LogP contribution is 2.19. The molecule has 0 aliphatic carbocycles. The normalized spacial score (nSPS) is 10.7. The van der Waals surface area contributed by atoms with Crippen LogP contribution in [0.4, 0.5) is 8.78 Å². The summed E-state index contributed by atoms with van der Waals surface area (Å²) in [4.78, 5) is 11.9. The van der Waals surface area contributed by atoms with E-state index in [0.29, 0.717) is 24.6 Å². The summed E-state index contributed by atoms with van der Waals surface area (Å²) in [7, 11) is 1.62. The number of ether oxygens (including phenoxy) is 1. The van der Waals surface area contributed by atoms with Gasteiger partial charge in [0.1, 0.15) is 17.4 Å². The van der Waals surface area contributed by atoms with E-state index in [1.165, 1.54) is 6.07 Å². The SMILES string of the molecule is COc1ccccc1CCc1nnc(CCC(=O)NCc2ccc(F)cc2F)o1. The average molecular weight is 401 g/mol. The fourth-order valence-corrected chi connectivity index (χ4v) is 2.81. The summed E-state index contributed by atoms with van der Waals surface area (Å²) in [5, 5.41) is 10.5. The number of nitrogens with one attached hydrogen (secondary N) is 1. The fraction of sp³-hybridized carbons (Fsp3) is 0.286. The standard InChI is InChI=1S/C21H21F2N3O3/c1-28-18-5-3-2-4-14(18)7-10-20-25-26-21(29-20)11-9-19(27)24-13-15-6-8-16(22)12-17(15)23/h2-6,8,12H,7,9-11,13H2,1H3,(H,24,27). The molecule has 0 fully saturated rings. The van der Waals surface area contributed by atoms with Crippen LogP contribution in [-0.2, 0) is 30.6 Å². The molecule has 0 aliphatic heterocycles. The van der Waals surface area contributed by atoms with E-state index in [1.54, 1.807) is 7.11 Å². The molecule has 0 unspecified atom stereocenters. The number of nitrogens with zero attached hydrogens (tertiary/aromatic N) is 2. The molecule has 0 atom stereocenters. The summed E-state index contributed by atoms with van der Waals surface area (Å²) in [5.41, 5.74) is 1.26. The summed E-state index contributed by atoms with van der Waals surface area (Å²) < 4.78 is 37.4. The fourth-order valence-electron chi connectivity index (χ4n) is 2.81. The Labute approximate surface area is 166 Å². The first-order valence-corrected chi connectivity index (χ1v) is 9.19. The number of methoxy groups -OCH3 is 1. The lowest BCUT2D eigenvalue weighted by Crippen LogP contribution is -2.23. The van der Waals surface area contributed by atoms with E-state index < -0.39 is 11.6 Å². The Morgan fingerprint density at radius 1 is 1.03 bits per heavy atom. The molecule has 0 saturated heterocycles. The number of halogens is 2. The molecular formula is C21H21F2N3O3. The first-order chi connectivity index (χ1) is 14.0. The number of hydrogen-bond acceptors (Lipinski definition) is 5. The van der Waals surface area contributed by atoms with Gasteiger partial charge in [0, 0.05) is 37.4 Å². The summed E-state index contributed by atoms with van der Waals surface area (Å²) in [5.74, 6) is 0.0178. The maximum atomic E-state index is 13.6. The highest BCUT2D eigenvalue weighted by molar-refractivity contribution is 5.76. The lowest BCUT2D eigenvalue weighted by Gasteiger charge is -2.06. The van der Waals surface area contributed by atoms with Gasteiger partial charge < -0.3 is 14.5 Å². The molecule has 0 radical (unpaired) electrons. The summed E-state index contributed by atoms with van der Waals surface area (Å²) >= 11 is 0. The first kappa shape index (κ1) is 20.4. The quantitative estimate of drug-likeness (QED) is 0.595. The van der Waals surface area contributed by atoms with Gasteiger partial charge in [-0.25, -0.2) is 8.78 Å². The smallest absolute Gasteiger partial charge is 0.220 e. The highest BCUT2D eigenvalue weighted by Gasteiger charge is 2.11. The van der Waals surface area contributed by atoms with Crippen LogP contribution in [0.1, 0.15) is 29.3 Å². The van der Waals surface area contributed by atoms with E-state index in [4.69, 9.17) is 9.15 Å². The summed E-state index contributed by atoms with van der Waals surface area (Å²) in [6.45, 7) is -0.0149. The Morgan fingerprint density at radius 2 is 1.79 bits per heavy atom. The zero-order chi connectivity index (χ0) is 20.6. The number of para-hydroxylation sites is 1. The van der Waals surface area contributed by atoms with Crippen molar-refractivity contribution in [1.29, 1.82) is 0 Å². The third kappa shape index (κ3) is 5.84. The molecule has 1 heterocycles. The Bertz CT molecular complexity index is 975. The van der Waals surface area contributed by atoms with Crippen LogP contribution >= 0.6 is 0 Å². The van der Waals surface area contributed by atoms with Crippen LogP contribution in [-0.4, -0.2) is 23.2 Å². The molecule has 0 bridgehead atoms. The Kier molecular flexibility index (Phi) is 6.89. The van der Waals surface area contributed by atoms with Crippen molar-refractivity contribution in [3.8, 4) is 5.75 Å². The molecule has 0 aliphatic rings. The van der Waals surface area contributed by atoms with Crippen molar-refractivity contribution >= 4 is 5.91 Å². The number of aryl methyl sites for hydroxylation is 3. The van der Waals surface area contributed by atoms with Gasteiger partial charge >= 0.3 is 0 Å². The molecule has 3 rings (SSSR count). The summed E-state index contributed by atoms with van der Waals surface area (Å²) in [6.07, 6.45) is 1.65. The molecule has 0 spiro atoms. The van der Waals surface area contributed by atoms with E-state index in [2.05, 4.69) is 15.5 Å². The van der Waals surface area contributed by atoms with Gasteiger partial charge in [-0.05, 0) is 24.1 Å². The molecule has 6 nitrogen and oxygen atoms in total. The van der Waals surface area contributed by atoms with Crippen LogP contribution < -0.4 is 10.1 Å². The van der Waals surface area contributed by atoms with Gasteiger partial charge in [0.25, 0.3) is 0 Å². The second kappa shape index (κ2) is 9.77. The number of amides is 1. The van der Waals surface area contributed by atoms with Crippen molar-refractivity contribution in [1.82, 2.24) is 15.5 Å². The van der Waals surface area contributed by atoms with Crippen LogP contribution in [0.3, 0.4) is 0 Å². The van der Waals surface area contributed by atoms with E-state index in [1.807, 2.05) is 24.3 Å². The van der Waals surface area contributed by atoms with Gasteiger partial charge in [0.15, 0.2) is 0 Å². The molecule has 3 aromatic rings. The van der Waals surface area contributed by atoms with Crippen molar-refractivity contribution in [3.63, 3.8) is 0 Å². The van der Waals surface area contributed by atoms with E-state index >= 15 is 0 Å². The maximum Gasteiger partial charge on any atom is 0.220 e. The number of benzene rings is 2. The molecule has 152 valence electrons. The van der Waals surface area contributed by atoms with E-state index in [9.17, 15) is 13.6 Å². The number of carbonyl (C=O) groups is 1. The number of carbonyl (C=O) groups excluding carboxylic acids is 1. The second-order valence-corrected chi connectivity index (χ2v) is 6.41. The monoisotopic (exact) mass is 401 g/mol. The van der Waals surface area contributed by atoms with Crippen LogP contribution in [0.5, 0.6) is 5.75 Å². The molecule has 0 saturated carbocycles. The average Bonchev–Trinajstić information content (AvgIpc) is 3.18. The van der Waals surface area contributed by atoms with Gasteiger partial charge in [-0.3, -0.25) is 4.79 Å². The number of hydrogen-bond donors (Lipinski definition) is 1. The Balaban J connectivity index is 1.44. The topological polar surface area (TPSA) is 77.2 Å². The van der Waals surface area contributed by atoms with Gasteiger partial charge in [-0.2, -0.15) is 0 Å². The van der Waals surface area contributed by atoms with E-state index in [0.717, 1.165) is 23.4 Å². The Hall–Kier alpha value is -3.29. The van der Waals surface area contributed by atoms with Crippen molar-refractivity contribution in [2.45, 2.75) is 32.2 Å². The van der Waals surface area contributed by atoms with Crippen molar-refractivity contribution in [3.05, 3.63) is 77.0 Å². The minimum absolute atomic E-state index is 0.0149. The largest absolute Gasteiger partial charge is 0.496 e. The zero-order valence-corrected chi connectivity index (χ0v) is 16.0. The minimum atomic E-state index is -0.693. The van der Waals surface area contributed by atoms with Crippen LogP contribution in [0.2, 0.25) is 0 Å². The molecule has 1 aromatic heterocycles. The molecule has 2 aromatic carbocycles. The molecule has 29 heavy (non-hydrogen) atoms. The lowest BCUT2D eigenvalue weighted by atomic mass is 10.1. The highest BCUT2D eigenvalue weighted by atomic mass is 19.1. The number of rotatable bonds is 9. The van der Waals surface area contributed by atoms with Gasteiger partial charge in [0.05, 0.1) is 7.11 Å². The third-order valence-electron chi connectivity index (χ3n) is 4.37. The minimum Gasteiger partial charge on any atom is -0.496 e. The Morgan fingerprint density at radius 3 is 2.55 bits per heavy atom. The molecule has 8 heteroatoms. The van der Waals surface area contributed by atoms with Crippen molar-refractivity contribution < 1.29 is 22.7 Å². The van der Waals surface area contributed by atoms with Crippen LogP contribution in [0.25, 0.3) is 0 Å². The maximum absolute atomic E-state index is 13.6. The first-order valence-electron chi connectivity index (χ1n) is 9.19. The number of aromatic nitrogens is 2. The molecular weight excluding hydrogens is 380 g/mol. The van der Waals surface area contributed by atoms with Crippen molar-refractivity contribution in [2.24, 2.45) is 0 Å². The van der Waals surface area contributed by atoms with Gasteiger partial charge in [-0.1, -0.05) is 24.3 Å². The zero-order valence-electron chi connectivity index (χ0n) is 16.0. The van der Waals surface area contributed by atoms with Crippen LogP contribution in [0, 0.1) is 11.6 Å². The lowest BCUT2D eigenvalue weighted by molar-refractivity contribution is -0.121. The van der Waals surface area contributed by atoms with Gasteiger partial charge in [-0.15, -0.1) is 10.2 Å². The molecule has 1 amide bonds. The predicted molar refractivity (Wildman–Crippen MR) is 101 cm³/mol. The van der Waals surface area contributed by atoms with Crippen LogP contribution in [0.15, 0.2) is 46.9 Å². The molecule has 1 N–H and O–H groups in total. The summed E-state index contributed by atoms with van der Waals surface area (Å²) in [6, 6.07) is 10.9. The van der Waals surface area contributed by atoms with Gasteiger partial charge in [0.2, 0.25) is 17.7 Å². The van der Waals surface area contributed by atoms with Crippen molar-refractivity contribution in [2.75, 3.05) is 7.11 Å². The second-order valence-electron chi connectivity index (χ2n) is 6.41. The third-order valence-corrected chi connectivity index (χ3v) is 4.37. The predicted octanol–water partition coefficient (Wildman–Crippen LogP) is 3.39.